The van der Waals surface area contributed by atoms with E-state index in [9.17, 15) is 19.5 Å². The highest BCUT2D eigenvalue weighted by molar-refractivity contribution is 6.20. The van der Waals surface area contributed by atoms with E-state index in [1.165, 1.54) is 5.01 Å². The molecule has 6 N–H and O–H groups in total. The van der Waals surface area contributed by atoms with Gasteiger partial charge >= 0.3 is 0 Å². The highest BCUT2D eigenvalue weighted by Crippen LogP contribution is 2.37. The third kappa shape index (κ3) is 7.43. The fourth-order valence-electron chi connectivity index (χ4n) is 6.43. The van der Waals surface area contributed by atoms with E-state index in [1.807, 2.05) is 31.2 Å². The van der Waals surface area contributed by atoms with Crippen LogP contribution in [0.5, 0.6) is 0 Å². The average molecular weight is 655 g/mol. The zero-order valence-electron chi connectivity index (χ0n) is 28.2. The molecule has 0 spiro atoms. The molecule has 2 atom stereocenters. The Morgan fingerprint density at radius 3 is 2.46 bits per heavy atom. The lowest BCUT2D eigenvalue weighted by Gasteiger charge is -2.36. The van der Waals surface area contributed by atoms with Crippen molar-refractivity contribution in [2.75, 3.05) is 32.9 Å². The summed E-state index contributed by atoms with van der Waals surface area (Å²) < 4.78 is 5.33. The molecule has 0 saturated carbocycles. The number of carbonyl (C=O) groups is 3. The zero-order valence-corrected chi connectivity index (χ0v) is 28.2. The number of hydrogen-bond donors (Lipinski definition) is 4. The average Bonchev–Trinajstić information content (AvgIpc) is 3.08. The Morgan fingerprint density at radius 2 is 1.83 bits per heavy atom. The molecule has 2 aromatic carbocycles. The van der Waals surface area contributed by atoms with Crippen LogP contribution in [0.15, 0.2) is 82.5 Å². The Labute approximate surface area is 282 Å². The van der Waals surface area contributed by atoms with Crippen molar-refractivity contribution >= 4 is 29.2 Å². The molecule has 11 nitrogen and oxygen atoms in total. The Morgan fingerprint density at radius 1 is 1.12 bits per heavy atom. The number of nitrogens with two attached hydrogens (primary N) is 2. The summed E-state index contributed by atoms with van der Waals surface area (Å²) in [6.07, 6.45) is 6.75. The number of rotatable bonds is 9. The molecule has 5 rings (SSSR count). The SMILES string of the molecule is CCC(C=C(C(N)=O)C(N)=Nc1ccc(C(=O)N2CCOCC2)cc1)C1CC=CC(N2NCc3cc(C(C)(C)C)ccc3C2=O)=C1CO. The van der Waals surface area contributed by atoms with Crippen LogP contribution in [0.4, 0.5) is 5.69 Å². The fourth-order valence-corrected chi connectivity index (χ4v) is 6.43. The van der Waals surface area contributed by atoms with Crippen LogP contribution in [0.2, 0.25) is 0 Å². The molecule has 2 aliphatic heterocycles. The number of carbonyl (C=O) groups excluding carboxylic acids is 3. The van der Waals surface area contributed by atoms with E-state index in [0.717, 1.165) is 11.1 Å². The van der Waals surface area contributed by atoms with Crippen LogP contribution in [-0.4, -0.2) is 71.5 Å². The second-order valence-electron chi connectivity index (χ2n) is 13.4. The molecule has 3 amide bonds. The van der Waals surface area contributed by atoms with Crippen molar-refractivity contribution in [3.63, 3.8) is 0 Å². The molecule has 0 aromatic heterocycles. The first-order valence-corrected chi connectivity index (χ1v) is 16.5. The van der Waals surface area contributed by atoms with Gasteiger partial charge in [0.25, 0.3) is 17.7 Å². The topological polar surface area (TPSA) is 164 Å². The van der Waals surface area contributed by atoms with Crippen LogP contribution in [0.3, 0.4) is 0 Å². The maximum Gasteiger partial charge on any atom is 0.272 e. The Bertz CT molecular complexity index is 1680. The number of morpholine rings is 1. The minimum atomic E-state index is -0.728. The van der Waals surface area contributed by atoms with Crippen molar-refractivity contribution in [2.24, 2.45) is 28.3 Å². The highest BCUT2D eigenvalue weighted by atomic mass is 16.5. The van der Waals surface area contributed by atoms with Crippen LogP contribution < -0.4 is 16.9 Å². The van der Waals surface area contributed by atoms with E-state index >= 15 is 0 Å². The number of ether oxygens (including phenoxy) is 1. The smallest absolute Gasteiger partial charge is 0.272 e. The van der Waals surface area contributed by atoms with Crippen molar-refractivity contribution < 1.29 is 24.2 Å². The predicted octanol–water partition coefficient (Wildman–Crippen LogP) is 3.87. The molecule has 1 saturated heterocycles. The van der Waals surface area contributed by atoms with Gasteiger partial charge in [-0.15, -0.1) is 0 Å². The van der Waals surface area contributed by atoms with Crippen molar-refractivity contribution in [3.05, 3.63) is 99.8 Å². The summed E-state index contributed by atoms with van der Waals surface area (Å²) in [6, 6.07) is 12.7. The molecular formula is C37H46N6O5. The fraction of sp³-hybridized carbons (Fsp3) is 0.405. The van der Waals surface area contributed by atoms with Crippen molar-refractivity contribution in [1.82, 2.24) is 15.3 Å². The van der Waals surface area contributed by atoms with Gasteiger partial charge in [-0.05, 0) is 83.2 Å². The second-order valence-corrected chi connectivity index (χ2v) is 13.4. The lowest BCUT2D eigenvalue weighted by Crippen LogP contribution is -2.47. The number of aliphatic hydroxyl groups excluding tert-OH is 1. The summed E-state index contributed by atoms with van der Waals surface area (Å²) in [4.78, 5) is 45.4. The minimum Gasteiger partial charge on any atom is -0.392 e. The van der Waals surface area contributed by atoms with Crippen LogP contribution in [0.1, 0.15) is 72.4 Å². The Hall–Kier alpha value is -4.58. The maximum absolute atomic E-state index is 13.7. The van der Waals surface area contributed by atoms with Gasteiger partial charge in [0.2, 0.25) is 0 Å². The normalized spacial score (nSPS) is 19.8. The number of aliphatic hydroxyl groups is 1. The first-order chi connectivity index (χ1) is 22.9. The van der Waals surface area contributed by atoms with E-state index in [1.54, 1.807) is 35.2 Å². The van der Waals surface area contributed by atoms with Crippen LogP contribution >= 0.6 is 0 Å². The van der Waals surface area contributed by atoms with E-state index in [-0.39, 0.29) is 47.1 Å². The number of benzene rings is 2. The van der Waals surface area contributed by atoms with Gasteiger partial charge < -0.3 is 26.2 Å². The molecule has 48 heavy (non-hydrogen) atoms. The number of allylic oxidation sites excluding steroid dienone is 3. The van der Waals surface area contributed by atoms with E-state index in [2.05, 4.69) is 37.3 Å². The molecule has 2 unspecified atom stereocenters. The summed E-state index contributed by atoms with van der Waals surface area (Å²) >= 11 is 0. The number of hydrogen-bond acceptors (Lipinski definition) is 7. The number of nitrogens with one attached hydrogen (secondary N) is 1. The maximum atomic E-state index is 13.7. The van der Waals surface area contributed by atoms with Crippen molar-refractivity contribution in [1.29, 1.82) is 0 Å². The van der Waals surface area contributed by atoms with Crippen molar-refractivity contribution in [2.45, 2.75) is 52.5 Å². The monoisotopic (exact) mass is 654 g/mol. The van der Waals surface area contributed by atoms with E-state index in [4.69, 9.17) is 16.2 Å². The van der Waals surface area contributed by atoms with Gasteiger partial charge in [-0.25, -0.2) is 15.4 Å². The quantitative estimate of drug-likeness (QED) is 0.181. The molecule has 1 aliphatic carbocycles. The summed E-state index contributed by atoms with van der Waals surface area (Å²) in [5, 5.41) is 12.2. The summed E-state index contributed by atoms with van der Waals surface area (Å²) in [5.41, 5.74) is 20.4. The first-order valence-electron chi connectivity index (χ1n) is 16.5. The zero-order chi connectivity index (χ0) is 34.6. The molecule has 2 heterocycles. The Kier molecular flexibility index (Phi) is 10.6. The lowest BCUT2D eigenvalue weighted by atomic mass is 9.77. The summed E-state index contributed by atoms with van der Waals surface area (Å²) in [6.45, 7) is 10.7. The van der Waals surface area contributed by atoms with Crippen LogP contribution in [0, 0.1) is 11.8 Å². The van der Waals surface area contributed by atoms with Crippen LogP contribution in [-0.2, 0) is 21.5 Å². The molecule has 11 heteroatoms. The number of hydrazine groups is 1. The number of nitrogens with zero attached hydrogens (tertiary/aromatic N) is 3. The highest BCUT2D eigenvalue weighted by Gasteiger charge is 2.34. The Balaban J connectivity index is 1.39. The number of fused-ring (bicyclic) bond motifs is 1. The van der Waals surface area contributed by atoms with Gasteiger partial charge in [0.1, 0.15) is 5.84 Å². The molecule has 1 fully saturated rings. The molecule has 0 bridgehead atoms. The summed E-state index contributed by atoms with van der Waals surface area (Å²) in [5.74, 6) is -1.54. The third-order valence-electron chi connectivity index (χ3n) is 9.26. The molecular weight excluding hydrogens is 608 g/mol. The molecule has 254 valence electrons. The first kappa shape index (κ1) is 34.7. The van der Waals surface area contributed by atoms with Crippen LogP contribution in [0.25, 0.3) is 0 Å². The number of aliphatic imine (C=N–C) groups is 1. The second kappa shape index (κ2) is 14.7. The van der Waals surface area contributed by atoms with Gasteiger partial charge in [-0.1, -0.05) is 52.0 Å². The van der Waals surface area contributed by atoms with Gasteiger partial charge in [-0.2, -0.15) is 0 Å². The standard InChI is InChI=1S/C37H46N6O5/c1-5-23(20-30(34(39)45)33(38)41-27-12-9-24(10-13-27)35(46)42-15-17-48-18-16-42)28-7-6-8-32(31(28)22-44)43-36(47)29-14-11-26(37(2,3)4)19-25(29)21-40-43/h6,8-14,19-20,23,28,40,44H,5,7,15-18,21-22H2,1-4H3,(H2,38,41)(H2,39,45). The van der Waals surface area contributed by atoms with E-state index in [0.29, 0.717) is 73.8 Å². The number of amidine groups is 1. The molecule has 0 radical (unpaired) electrons. The van der Waals surface area contributed by atoms with Crippen molar-refractivity contribution in [3.8, 4) is 0 Å². The summed E-state index contributed by atoms with van der Waals surface area (Å²) in [7, 11) is 0. The van der Waals surface area contributed by atoms with Gasteiger partial charge in [-0.3, -0.25) is 14.4 Å². The van der Waals surface area contributed by atoms with E-state index < -0.39 is 5.91 Å². The lowest BCUT2D eigenvalue weighted by molar-refractivity contribution is -0.114. The largest absolute Gasteiger partial charge is 0.392 e. The van der Waals surface area contributed by atoms with Gasteiger partial charge in [0.15, 0.2) is 0 Å². The van der Waals surface area contributed by atoms with Gasteiger partial charge in [0.05, 0.1) is 36.8 Å². The minimum absolute atomic E-state index is 0.0458. The molecule has 2 aromatic rings. The third-order valence-corrected chi connectivity index (χ3v) is 9.26. The molecule has 3 aliphatic rings. The number of amides is 3. The predicted molar refractivity (Wildman–Crippen MR) is 185 cm³/mol. The number of primary amides is 1. The van der Waals surface area contributed by atoms with Gasteiger partial charge in [0, 0.05) is 30.8 Å².